The molecule has 1 aromatic heterocycles. The average Bonchev–Trinajstić information content (AvgIpc) is 2.61. The van der Waals surface area contributed by atoms with Gasteiger partial charge in [0, 0.05) is 25.0 Å². The van der Waals surface area contributed by atoms with Crippen molar-refractivity contribution in [3.63, 3.8) is 0 Å². The molecule has 0 aliphatic rings. The van der Waals surface area contributed by atoms with Gasteiger partial charge in [0.05, 0.1) is 5.56 Å². The molecule has 2 nitrogen and oxygen atoms in total. The summed E-state index contributed by atoms with van der Waals surface area (Å²) >= 11 is 0. The second kappa shape index (κ2) is 3.62. The van der Waals surface area contributed by atoms with Crippen molar-refractivity contribution in [3.8, 4) is 17.2 Å². The van der Waals surface area contributed by atoms with Gasteiger partial charge >= 0.3 is 0 Å². The van der Waals surface area contributed by atoms with Crippen LogP contribution in [0.5, 0.6) is 0 Å². The van der Waals surface area contributed by atoms with E-state index in [1.165, 1.54) is 5.56 Å². The van der Waals surface area contributed by atoms with Crippen molar-refractivity contribution >= 4 is 0 Å². The highest BCUT2D eigenvalue weighted by Crippen LogP contribution is 2.24. The number of hydrogen-bond acceptors (Lipinski definition) is 1. The van der Waals surface area contributed by atoms with Gasteiger partial charge in [-0.25, -0.2) is 0 Å². The number of aryl methyl sites for hydroxylation is 2. The fraction of sp³-hybridized carbons (Fsp3) is 0.154. The summed E-state index contributed by atoms with van der Waals surface area (Å²) in [6.45, 7) is 2.06. The second-order valence-electron chi connectivity index (χ2n) is 3.73. The summed E-state index contributed by atoms with van der Waals surface area (Å²) in [6, 6.07) is 10.4. The molecule has 0 bridgehead atoms. The molecule has 0 atom stereocenters. The molecule has 0 amide bonds. The minimum absolute atomic E-state index is 0.723. The molecule has 0 saturated heterocycles. The van der Waals surface area contributed by atoms with Crippen molar-refractivity contribution in [1.82, 2.24) is 4.57 Å². The summed E-state index contributed by atoms with van der Waals surface area (Å²) in [7, 11) is 1.93. The molecule has 0 fully saturated rings. The predicted molar refractivity (Wildman–Crippen MR) is 60.3 cm³/mol. The lowest BCUT2D eigenvalue weighted by Crippen LogP contribution is -1.79. The molecule has 74 valence electrons. The van der Waals surface area contributed by atoms with Crippen LogP contribution in [0.1, 0.15) is 11.1 Å². The molecule has 1 aromatic carbocycles. The highest BCUT2D eigenvalue weighted by molar-refractivity contribution is 5.70. The van der Waals surface area contributed by atoms with Gasteiger partial charge < -0.3 is 4.57 Å². The van der Waals surface area contributed by atoms with E-state index in [1.54, 1.807) is 0 Å². The minimum Gasteiger partial charge on any atom is -0.355 e. The maximum atomic E-state index is 8.98. The smallest absolute Gasteiger partial charge is 0.101 e. The highest BCUT2D eigenvalue weighted by Gasteiger charge is 2.06. The molecule has 0 radical (unpaired) electrons. The maximum Gasteiger partial charge on any atom is 0.101 e. The fourth-order valence-electron chi connectivity index (χ4n) is 1.64. The molecule has 15 heavy (non-hydrogen) atoms. The summed E-state index contributed by atoms with van der Waals surface area (Å²) in [6.07, 6.45) is 3.82. The third-order valence-electron chi connectivity index (χ3n) is 2.44. The first kappa shape index (κ1) is 9.54. The molecule has 1 heterocycles. The zero-order valence-corrected chi connectivity index (χ0v) is 8.86. The Kier molecular flexibility index (Phi) is 2.31. The standard InChI is InChI=1S/C13H12N2/c1-10-3-5-11(6-4-10)13-9-15(2)8-12(13)7-14/h3-6,8-9H,1-2H3. The molecule has 0 N–H and O–H groups in total. The van der Waals surface area contributed by atoms with E-state index in [9.17, 15) is 0 Å². The first-order valence-electron chi connectivity index (χ1n) is 4.84. The van der Waals surface area contributed by atoms with Crippen LogP contribution in [0, 0.1) is 18.3 Å². The number of nitrogens with zero attached hydrogens (tertiary/aromatic N) is 2. The third kappa shape index (κ3) is 1.77. The Hall–Kier alpha value is -2.01. The minimum atomic E-state index is 0.723. The number of rotatable bonds is 1. The first-order chi connectivity index (χ1) is 7.20. The molecular formula is C13H12N2. The predicted octanol–water partition coefficient (Wildman–Crippen LogP) is 2.87. The Labute approximate surface area is 89.4 Å². The Bertz CT molecular complexity index is 512. The van der Waals surface area contributed by atoms with E-state index in [0.29, 0.717) is 0 Å². The molecule has 0 spiro atoms. The monoisotopic (exact) mass is 196 g/mol. The van der Waals surface area contributed by atoms with Gasteiger partial charge in [0.1, 0.15) is 6.07 Å². The second-order valence-corrected chi connectivity index (χ2v) is 3.73. The lowest BCUT2D eigenvalue weighted by atomic mass is 10.0. The van der Waals surface area contributed by atoms with Crippen molar-refractivity contribution in [2.75, 3.05) is 0 Å². The largest absolute Gasteiger partial charge is 0.355 e. The van der Waals surface area contributed by atoms with Gasteiger partial charge in [-0.3, -0.25) is 0 Å². The molecule has 0 aliphatic heterocycles. The van der Waals surface area contributed by atoms with Crippen molar-refractivity contribution in [3.05, 3.63) is 47.8 Å². The van der Waals surface area contributed by atoms with Gasteiger partial charge in [-0.05, 0) is 12.5 Å². The lowest BCUT2D eigenvalue weighted by Gasteiger charge is -1.99. The van der Waals surface area contributed by atoms with Crippen LogP contribution in [0.3, 0.4) is 0 Å². The van der Waals surface area contributed by atoms with E-state index in [0.717, 1.165) is 16.7 Å². The summed E-state index contributed by atoms with van der Waals surface area (Å²) in [5, 5.41) is 8.98. The van der Waals surface area contributed by atoms with E-state index in [1.807, 2.05) is 36.1 Å². The van der Waals surface area contributed by atoms with Gasteiger partial charge in [-0.15, -0.1) is 0 Å². The molecular weight excluding hydrogens is 184 g/mol. The van der Waals surface area contributed by atoms with Crippen LogP contribution in [0.2, 0.25) is 0 Å². The average molecular weight is 196 g/mol. The van der Waals surface area contributed by atoms with E-state index in [4.69, 9.17) is 5.26 Å². The summed E-state index contributed by atoms with van der Waals surface area (Å²) in [5.41, 5.74) is 4.05. The van der Waals surface area contributed by atoms with Crippen molar-refractivity contribution in [2.45, 2.75) is 6.92 Å². The normalized spacial score (nSPS) is 9.93. The Morgan fingerprint density at radius 3 is 2.40 bits per heavy atom. The van der Waals surface area contributed by atoms with Gasteiger partial charge in [-0.1, -0.05) is 29.8 Å². The third-order valence-corrected chi connectivity index (χ3v) is 2.44. The topological polar surface area (TPSA) is 28.7 Å². The van der Waals surface area contributed by atoms with E-state index >= 15 is 0 Å². The van der Waals surface area contributed by atoms with E-state index < -0.39 is 0 Å². The van der Waals surface area contributed by atoms with Crippen molar-refractivity contribution in [1.29, 1.82) is 5.26 Å². The van der Waals surface area contributed by atoms with Crippen LogP contribution in [0.25, 0.3) is 11.1 Å². The van der Waals surface area contributed by atoms with Crippen LogP contribution in [-0.4, -0.2) is 4.57 Å². The molecule has 2 heteroatoms. The number of aromatic nitrogens is 1. The van der Waals surface area contributed by atoms with E-state index in [2.05, 4.69) is 25.1 Å². The molecule has 0 aliphatic carbocycles. The number of nitriles is 1. The zero-order chi connectivity index (χ0) is 10.8. The summed E-state index contributed by atoms with van der Waals surface area (Å²) < 4.78 is 1.91. The van der Waals surface area contributed by atoms with Gasteiger partial charge in [-0.2, -0.15) is 5.26 Å². The van der Waals surface area contributed by atoms with E-state index in [-0.39, 0.29) is 0 Å². The van der Waals surface area contributed by atoms with Gasteiger partial charge in [0.25, 0.3) is 0 Å². The molecule has 0 unspecified atom stereocenters. The van der Waals surface area contributed by atoms with Crippen molar-refractivity contribution in [2.24, 2.45) is 7.05 Å². The maximum absolute atomic E-state index is 8.98. The quantitative estimate of drug-likeness (QED) is 0.689. The van der Waals surface area contributed by atoms with Gasteiger partial charge in [0.15, 0.2) is 0 Å². The zero-order valence-electron chi connectivity index (χ0n) is 8.86. The highest BCUT2D eigenvalue weighted by atomic mass is 14.9. The van der Waals surface area contributed by atoms with Crippen molar-refractivity contribution < 1.29 is 0 Å². The lowest BCUT2D eigenvalue weighted by molar-refractivity contribution is 0.927. The fourth-order valence-corrected chi connectivity index (χ4v) is 1.64. The Balaban J connectivity index is 2.54. The van der Waals surface area contributed by atoms with Crippen LogP contribution in [-0.2, 0) is 7.05 Å². The summed E-state index contributed by atoms with van der Waals surface area (Å²) in [5.74, 6) is 0. The van der Waals surface area contributed by atoms with Crippen LogP contribution < -0.4 is 0 Å². The van der Waals surface area contributed by atoms with Crippen LogP contribution >= 0.6 is 0 Å². The number of benzene rings is 1. The number of hydrogen-bond donors (Lipinski definition) is 0. The molecule has 0 saturated carbocycles. The van der Waals surface area contributed by atoms with Gasteiger partial charge in [0.2, 0.25) is 0 Å². The Morgan fingerprint density at radius 2 is 1.80 bits per heavy atom. The molecule has 2 rings (SSSR count). The summed E-state index contributed by atoms with van der Waals surface area (Å²) in [4.78, 5) is 0. The SMILES string of the molecule is Cc1ccc(-c2cn(C)cc2C#N)cc1. The van der Waals surface area contributed by atoms with Crippen LogP contribution in [0.4, 0.5) is 0 Å². The Morgan fingerprint density at radius 1 is 1.13 bits per heavy atom. The first-order valence-corrected chi connectivity index (χ1v) is 4.84. The molecule has 2 aromatic rings. The van der Waals surface area contributed by atoms with Crippen LogP contribution in [0.15, 0.2) is 36.7 Å².